The van der Waals surface area contributed by atoms with Gasteiger partial charge in [-0.2, -0.15) is 0 Å². The van der Waals surface area contributed by atoms with Gasteiger partial charge in [-0.05, 0) is 35.9 Å². The average Bonchev–Trinajstić information content (AvgIpc) is 2.41. The van der Waals surface area contributed by atoms with Crippen molar-refractivity contribution in [2.75, 3.05) is 37.0 Å². The number of hydrogen-bond acceptors (Lipinski definition) is 4. The molecule has 0 aliphatic rings. The minimum absolute atomic E-state index is 0.665. The van der Waals surface area contributed by atoms with Crippen LogP contribution in [0.15, 0.2) is 42.5 Å². The average molecular weight is 257 g/mol. The van der Waals surface area contributed by atoms with Gasteiger partial charge in [0, 0.05) is 36.3 Å². The van der Waals surface area contributed by atoms with Crippen molar-refractivity contribution in [3.63, 3.8) is 0 Å². The summed E-state index contributed by atoms with van der Waals surface area (Å²) in [6, 6.07) is 13.6. The van der Waals surface area contributed by atoms with Crippen molar-refractivity contribution in [1.29, 1.82) is 0 Å². The van der Waals surface area contributed by atoms with Gasteiger partial charge < -0.3 is 21.5 Å². The highest BCUT2D eigenvalue weighted by Crippen LogP contribution is 2.29. The maximum atomic E-state index is 6.03. The summed E-state index contributed by atoms with van der Waals surface area (Å²) in [6.45, 7) is 1.43. The number of nitrogens with one attached hydrogen (secondary N) is 1. The number of anilines is 3. The van der Waals surface area contributed by atoms with Crippen molar-refractivity contribution in [3.8, 4) is 11.1 Å². The molecular formula is C15H19N3O. The summed E-state index contributed by atoms with van der Waals surface area (Å²) >= 11 is 0. The third kappa shape index (κ3) is 3.39. The smallest absolute Gasteiger partial charge is 0.0635 e. The standard InChI is InChI=1S/C15H19N3O/c1-19-8-7-18-13-5-6-15(17)14(10-13)11-3-2-4-12(16)9-11/h2-6,9-10,18H,7-8,16-17H2,1H3. The SMILES string of the molecule is COCCNc1ccc(N)c(-c2cccc(N)c2)c1. The molecular weight excluding hydrogens is 238 g/mol. The zero-order chi connectivity index (χ0) is 13.7. The molecule has 100 valence electrons. The molecule has 0 radical (unpaired) electrons. The Kier molecular flexibility index (Phi) is 4.26. The van der Waals surface area contributed by atoms with Gasteiger partial charge in [0.25, 0.3) is 0 Å². The summed E-state index contributed by atoms with van der Waals surface area (Å²) in [6.07, 6.45) is 0. The number of nitrogen functional groups attached to an aromatic ring is 2. The summed E-state index contributed by atoms with van der Waals surface area (Å²) in [5.74, 6) is 0. The zero-order valence-electron chi connectivity index (χ0n) is 11.0. The molecule has 0 spiro atoms. The first kappa shape index (κ1) is 13.2. The summed E-state index contributed by atoms with van der Waals surface area (Å²) in [5, 5.41) is 3.29. The van der Waals surface area contributed by atoms with Crippen molar-refractivity contribution in [3.05, 3.63) is 42.5 Å². The maximum Gasteiger partial charge on any atom is 0.0635 e. The highest BCUT2D eigenvalue weighted by molar-refractivity contribution is 5.81. The topological polar surface area (TPSA) is 73.3 Å². The van der Waals surface area contributed by atoms with Gasteiger partial charge in [0.15, 0.2) is 0 Å². The fourth-order valence-corrected chi connectivity index (χ4v) is 1.92. The van der Waals surface area contributed by atoms with Crippen molar-refractivity contribution in [1.82, 2.24) is 0 Å². The summed E-state index contributed by atoms with van der Waals surface area (Å²) in [7, 11) is 1.68. The molecule has 0 heterocycles. The molecule has 0 aliphatic heterocycles. The second-order valence-electron chi connectivity index (χ2n) is 4.35. The van der Waals surface area contributed by atoms with E-state index < -0.39 is 0 Å². The van der Waals surface area contributed by atoms with E-state index in [1.165, 1.54) is 0 Å². The molecule has 2 rings (SSSR count). The van der Waals surface area contributed by atoms with Gasteiger partial charge in [0.1, 0.15) is 0 Å². The Morgan fingerprint density at radius 3 is 2.68 bits per heavy atom. The van der Waals surface area contributed by atoms with Crippen LogP contribution in [0.5, 0.6) is 0 Å². The van der Waals surface area contributed by atoms with Gasteiger partial charge in [-0.25, -0.2) is 0 Å². The first-order valence-electron chi connectivity index (χ1n) is 6.19. The zero-order valence-corrected chi connectivity index (χ0v) is 11.0. The second kappa shape index (κ2) is 6.11. The predicted molar refractivity (Wildman–Crippen MR) is 81.1 cm³/mol. The molecule has 2 aromatic carbocycles. The van der Waals surface area contributed by atoms with E-state index in [4.69, 9.17) is 16.2 Å². The molecule has 2 aromatic rings. The monoisotopic (exact) mass is 257 g/mol. The number of nitrogens with two attached hydrogens (primary N) is 2. The molecule has 4 heteroatoms. The second-order valence-corrected chi connectivity index (χ2v) is 4.35. The van der Waals surface area contributed by atoms with E-state index in [2.05, 4.69) is 5.32 Å². The van der Waals surface area contributed by atoms with E-state index in [0.29, 0.717) is 6.61 Å². The molecule has 0 aromatic heterocycles. The third-order valence-electron chi connectivity index (χ3n) is 2.89. The van der Waals surface area contributed by atoms with Crippen molar-refractivity contribution in [2.24, 2.45) is 0 Å². The number of hydrogen-bond donors (Lipinski definition) is 3. The Bertz CT molecular complexity index is 555. The molecule has 5 N–H and O–H groups in total. The Hall–Kier alpha value is -2.20. The Labute approximate surface area is 113 Å². The van der Waals surface area contributed by atoms with Crippen LogP contribution in [0.3, 0.4) is 0 Å². The Morgan fingerprint density at radius 1 is 1.11 bits per heavy atom. The number of methoxy groups -OCH3 is 1. The van der Waals surface area contributed by atoms with Crippen molar-refractivity contribution in [2.45, 2.75) is 0 Å². The van der Waals surface area contributed by atoms with Gasteiger partial charge in [0.2, 0.25) is 0 Å². The first-order chi connectivity index (χ1) is 9.20. The lowest BCUT2D eigenvalue weighted by atomic mass is 10.0. The summed E-state index contributed by atoms with van der Waals surface area (Å²) in [5.41, 5.74) is 16.3. The van der Waals surface area contributed by atoms with Crippen molar-refractivity contribution >= 4 is 17.1 Å². The minimum Gasteiger partial charge on any atom is -0.399 e. The van der Waals surface area contributed by atoms with E-state index >= 15 is 0 Å². The molecule has 0 saturated carbocycles. The van der Waals surface area contributed by atoms with E-state index in [9.17, 15) is 0 Å². The predicted octanol–water partition coefficient (Wildman–Crippen LogP) is 2.58. The number of rotatable bonds is 5. The first-order valence-corrected chi connectivity index (χ1v) is 6.19. The lowest BCUT2D eigenvalue weighted by Crippen LogP contribution is -2.07. The lowest BCUT2D eigenvalue weighted by molar-refractivity contribution is 0.211. The van der Waals surface area contributed by atoms with E-state index in [-0.39, 0.29) is 0 Å². The minimum atomic E-state index is 0.665. The van der Waals surface area contributed by atoms with Crippen LogP contribution < -0.4 is 16.8 Å². The van der Waals surface area contributed by atoms with Crippen LogP contribution in [0.1, 0.15) is 0 Å². The largest absolute Gasteiger partial charge is 0.399 e. The lowest BCUT2D eigenvalue weighted by Gasteiger charge is -2.11. The molecule has 19 heavy (non-hydrogen) atoms. The van der Waals surface area contributed by atoms with Gasteiger partial charge in [-0.3, -0.25) is 0 Å². The Balaban J connectivity index is 2.26. The van der Waals surface area contributed by atoms with Crippen LogP contribution in [0.4, 0.5) is 17.1 Å². The summed E-state index contributed by atoms with van der Waals surface area (Å²) in [4.78, 5) is 0. The van der Waals surface area contributed by atoms with Crippen LogP contribution in [0.2, 0.25) is 0 Å². The van der Waals surface area contributed by atoms with Gasteiger partial charge in [-0.1, -0.05) is 12.1 Å². The molecule has 0 atom stereocenters. The van der Waals surface area contributed by atoms with Gasteiger partial charge >= 0.3 is 0 Å². The molecule has 0 aliphatic carbocycles. The van der Waals surface area contributed by atoms with Crippen LogP contribution in [0.25, 0.3) is 11.1 Å². The van der Waals surface area contributed by atoms with Gasteiger partial charge in [0.05, 0.1) is 6.61 Å². The fourth-order valence-electron chi connectivity index (χ4n) is 1.92. The normalized spacial score (nSPS) is 10.4. The third-order valence-corrected chi connectivity index (χ3v) is 2.89. The molecule has 4 nitrogen and oxygen atoms in total. The maximum absolute atomic E-state index is 6.03. The highest BCUT2D eigenvalue weighted by Gasteiger charge is 2.04. The van der Waals surface area contributed by atoms with E-state index in [0.717, 1.165) is 34.7 Å². The summed E-state index contributed by atoms with van der Waals surface area (Å²) < 4.78 is 5.01. The highest BCUT2D eigenvalue weighted by atomic mass is 16.5. The number of benzene rings is 2. The van der Waals surface area contributed by atoms with E-state index in [1.54, 1.807) is 7.11 Å². The van der Waals surface area contributed by atoms with Crippen molar-refractivity contribution < 1.29 is 4.74 Å². The van der Waals surface area contributed by atoms with Crippen LogP contribution in [-0.2, 0) is 4.74 Å². The van der Waals surface area contributed by atoms with Crippen LogP contribution >= 0.6 is 0 Å². The number of ether oxygens (including phenoxy) is 1. The fraction of sp³-hybridized carbons (Fsp3) is 0.200. The molecule has 0 saturated heterocycles. The molecule has 0 amide bonds. The molecule has 0 unspecified atom stereocenters. The quantitative estimate of drug-likeness (QED) is 0.568. The van der Waals surface area contributed by atoms with Gasteiger partial charge in [-0.15, -0.1) is 0 Å². The van der Waals surface area contributed by atoms with E-state index in [1.807, 2.05) is 42.5 Å². The molecule has 0 fully saturated rings. The molecule has 0 bridgehead atoms. The Morgan fingerprint density at radius 2 is 1.95 bits per heavy atom. The van der Waals surface area contributed by atoms with Crippen LogP contribution in [0, 0.1) is 0 Å². The van der Waals surface area contributed by atoms with Crippen LogP contribution in [-0.4, -0.2) is 20.3 Å².